The molecule has 1 aromatic carbocycles. The first-order valence-corrected chi connectivity index (χ1v) is 8.65. The normalized spacial score (nSPS) is 13.3. The Kier molecular flexibility index (Phi) is 4.64. The molecule has 0 fully saturated rings. The van der Waals surface area contributed by atoms with Gasteiger partial charge in [-0.2, -0.15) is 0 Å². The molecule has 1 atom stereocenters. The molecule has 5 nitrogen and oxygen atoms in total. The van der Waals surface area contributed by atoms with Gasteiger partial charge in [-0.15, -0.1) is 11.3 Å². The van der Waals surface area contributed by atoms with E-state index >= 15 is 0 Å². The highest BCUT2D eigenvalue weighted by molar-refractivity contribution is 7.89. The molecule has 2 aromatic rings. The Labute approximate surface area is 126 Å². The molecule has 1 heterocycles. The van der Waals surface area contributed by atoms with Crippen molar-refractivity contribution in [3.63, 3.8) is 0 Å². The molecule has 1 unspecified atom stereocenters. The van der Waals surface area contributed by atoms with Crippen LogP contribution in [0.4, 0.5) is 5.69 Å². The zero-order chi connectivity index (χ0) is 14.8. The van der Waals surface area contributed by atoms with E-state index in [0.29, 0.717) is 11.4 Å². The zero-order valence-corrected chi connectivity index (χ0v) is 13.1. The third kappa shape index (κ3) is 3.29. The molecule has 1 aromatic heterocycles. The van der Waals surface area contributed by atoms with Gasteiger partial charge in [0.2, 0.25) is 10.0 Å². The van der Waals surface area contributed by atoms with E-state index in [0.717, 1.165) is 5.01 Å². The fraction of sp³-hybridized carbons (Fsp3) is 0.250. The Morgan fingerprint density at radius 1 is 1.50 bits per heavy atom. The third-order valence-corrected chi connectivity index (χ3v) is 5.37. The minimum absolute atomic E-state index is 0.0139. The van der Waals surface area contributed by atoms with Crippen LogP contribution in [0.15, 0.2) is 34.7 Å². The van der Waals surface area contributed by atoms with Crippen molar-refractivity contribution in [1.82, 2.24) is 9.71 Å². The van der Waals surface area contributed by atoms with Crippen LogP contribution >= 0.6 is 22.9 Å². The first kappa shape index (κ1) is 15.2. The van der Waals surface area contributed by atoms with Gasteiger partial charge in [0.15, 0.2) is 0 Å². The highest BCUT2D eigenvalue weighted by atomic mass is 35.5. The van der Waals surface area contributed by atoms with Crippen molar-refractivity contribution in [3.8, 4) is 0 Å². The van der Waals surface area contributed by atoms with Crippen molar-refractivity contribution in [1.29, 1.82) is 0 Å². The number of hydrogen-bond acceptors (Lipinski definition) is 5. The molecule has 3 N–H and O–H groups in total. The molecule has 0 saturated heterocycles. The first-order valence-electron chi connectivity index (χ1n) is 5.90. The average Bonchev–Trinajstić information content (AvgIpc) is 2.92. The summed E-state index contributed by atoms with van der Waals surface area (Å²) in [4.78, 5) is 4.13. The SMILES string of the molecule is CCC(NS(=O)(=O)c1cc(Cl)ccc1N)c1nccs1. The molecule has 0 spiro atoms. The van der Waals surface area contributed by atoms with Crippen molar-refractivity contribution in [2.24, 2.45) is 0 Å². The van der Waals surface area contributed by atoms with Crippen molar-refractivity contribution < 1.29 is 8.42 Å². The summed E-state index contributed by atoms with van der Waals surface area (Å²) in [7, 11) is -3.74. The highest BCUT2D eigenvalue weighted by Gasteiger charge is 2.23. The maximum Gasteiger partial charge on any atom is 0.243 e. The van der Waals surface area contributed by atoms with Gasteiger partial charge in [0.05, 0.1) is 11.7 Å². The van der Waals surface area contributed by atoms with Crippen LogP contribution in [0.5, 0.6) is 0 Å². The number of benzene rings is 1. The van der Waals surface area contributed by atoms with Crippen LogP contribution in [0, 0.1) is 0 Å². The molecule has 20 heavy (non-hydrogen) atoms. The zero-order valence-electron chi connectivity index (χ0n) is 10.7. The molecule has 0 saturated carbocycles. The molecule has 0 aliphatic heterocycles. The molecule has 0 radical (unpaired) electrons. The number of nitrogens with two attached hydrogens (primary N) is 1. The minimum atomic E-state index is -3.74. The standard InChI is InChI=1S/C12H14ClN3O2S2/c1-2-10(12-15-5-6-19-12)16-20(17,18)11-7-8(13)3-4-9(11)14/h3-7,10,16H,2,14H2,1H3. The van der Waals surface area contributed by atoms with Gasteiger partial charge in [0.1, 0.15) is 9.90 Å². The van der Waals surface area contributed by atoms with E-state index < -0.39 is 10.0 Å². The van der Waals surface area contributed by atoms with Gasteiger partial charge in [-0.3, -0.25) is 0 Å². The summed E-state index contributed by atoms with van der Waals surface area (Å²) in [6.45, 7) is 1.88. The number of aromatic nitrogens is 1. The number of nitrogen functional groups attached to an aromatic ring is 1. The summed E-state index contributed by atoms with van der Waals surface area (Å²) >= 11 is 7.24. The van der Waals surface area contributed by atoms with Gasteiger partial charge in [0, 0.05) is 16.6 Å². The molecule has 0 bridgehead atoms. The number of thiazole rings is 1. The monoisotopic (exact) mass is 331 g/mol. The molecule has 0 aliphatic rings. The summed E-state index contributed by atoms with van der Waals surface area (Å²) in [5.41, 5.74) is 5.88. The van der Waals surface area contributed by atoms with Gasteiger partial charge in [-0.25, -0.2) is 18.1 Å². The number of anilines is 1. The summed E-state index contributed by atoms with van der Waals surface area (Å²) < 4.78 is 27.4. The number of halogens is 1. The maximum absolute atomic E-state index is 12.4. The minimum Gasteiger partial charge on any atom is -0.398 e. The Bertz CT molecular complexity index is 687. The second kappa shape index (κ2) is 6.09. The van der Waals surface area contributed by atoms with Gasteiger partial charge < -0.3 is 5.73 Å². The van der Waals surface area contributed by atoms with Crippen LogP contribution in [0.2, 0.25) is 5.02 Å². The first-order chi connectivity index (χ1) is 9.44. The lowest BCUT2D eigenvalue weighted by molar-refractivity contribution is 0.549. The van der Waals surface area contributed by atoms with Crippen LogP contribution in [0.1, 0.15) is 24.4 Å². The number of sulfonamides is 1. The van der Waals surface area contributed by atoms with E-state index in [9.17, 15) is 8.42 Å². The summed E-state index contributed by atoms with van der Waals surface area (Å²) in [5.74, 6) is 0. The summed E-state index contributed by atoms with van der Waals surface area (Å²) in [6, 6.07) is 3.99. The van der Waals surface area contributed by atoms with Crippen molar-refractivity contribution in [2.45, 2.75) is 24.3 Å². The quantitative estimate of drug-likeness (QED) is 0.825. The smallest absolute Gasteiger partial charge is 0.243 e. The van der Waals surface area contributed by atoms with Crippen molar-refractivity contribution in [2.75, 3.05) is 5.73 Å². The van der Waals surface area contributed by atoms with E-state index in [4.69, 9.17) is 17.3 Å². The Balaban J connectivity index is 2.33. The van der Waals surface area contributed by atoms with E-state index in [2.05, 4.69) is 9.71 Å². The Morgan fingerprint density at radius 2 is 2.25 bits per heavy atom. The largest absolute Gasteiger partial charge is 0.398 e. The van der Waals surface area contributed by atoms with Gasteiger partial charge >= 0.3 is 0 Å². The molecule has 2 rings (SSSR count). The van der Waals surface area contributed by atoms with E-state index in [1.54, 1.807) is 17.6 Å². The molecule has 108 valence electrons. The van der Waals surface area contributed by atoms with Gasteiger partial charge in [0.25, 0.3) is 0 Å². The Hall–Kier alpha value is -1.15. The molecule has 0 amide bonds. The van der Waals surface area contributed by atoms with Crippen LogP contribution in [0.25, 0.3) is 0 Å². The molecular formula is C12H14ClN3O2S2. The van der Waals surface area contributed by atoms with Gasteiger partial charge in [-0.1, -0.05) is 18.5 Å². The van der Waals surface area contributed by atoms with Crippen LogP contribution < -0.4 is 10.5 Å². The lowest BCUT2D eigenvalue weighted by atomic mass is 10.3. The fourth-order valence-electron chi connectivity index (χ4n) is 1.71. The van der Waals surface area contributed by atoms with Crippen LogP contribution in [-0.4, -0.2) is 13.4 Å². The predicted octanol–water partition coefficient (Wildman–Crippen LogP) is 2.81. The molecule has 8 heteroatoms. The van der Waals surface area contributed by atoms with Crippen LogP contribution in [-0.2, 0) is 10.0 Å². The van der Waals surface area contributed by atoms with E-state index in [-0.39, 0.29) is 16.6 Å². The maximum atomic E-state index is 12.4. The number of hydrogen-bond donors (Lipinski definition) is 2. The second-order valence-electron chi connectivity index (χ2n) is 4.13. The lowest BCUT2D eigenvalue weighted by Crippen LogP contribution is -2.28. The van der Waals surface area contributed by atoms with Gasteiger partial charge in [-0.05, 0) is 24.6 Å². The average molecular weight is 332 g/mol. The summed E-state index contributed by atoms with van der Waals surface area (Å²) in [5, 5.41) is 2.85. The van der Waals surface area contributed by atoms with Crippen LogP contribution in [0.3, 0.4) is 0 Å². The Morgan fingerprint density at radius 3 is 2.85 bits per heavy atom. The number of nitrogens with zero attached hydrogens (tertiary/aromatic N) is 1. The van der Waals surface area contributed by atoms with E-state index in [1.807, 2.05) is 6.92 Å². The topological polar surface area (TPSA) is 85.1 Å². The molecule has 0 aliphatic carbocycles. The number of rotatable bonds is 5. The van der Waals surface area contributed by atoms with Crippen molar-refractivity contribution >= 4 is 38.6 Å². The second-order valence-corrected chi connectivity index (χ2v) is 7.18. The summed E-state index contributed by atoms with van der Waals surface area (Å²) in [6.07, 6.45) is 2.23. The van der Waals surface area contributed by atoms with Crippen molar-refractivity contribution in [3.05, 3.63) is 39.8 Å². The number of nitrogens with one attached hydrogen (secondary N) is 1. The lowest BCUT2D eigenvalue weighted by Gasteiger charge is -2.16. The molecular weight excluding hydrogens is 318 g/mol. The highest BCUT2D eigenvalue weighted by Crippen LogP contribution is 2.26. The third-order valence-electron chi connectivity index (χ3n) is 2.72. The fourth-order valence-corrected chi connectivity index (χ4v) is 4.23. The van der Waals surface area contributed by atoms with E-state index in [1.165, 1.54) is 23.5 Å². The predicted molar refractivity (Wildman–Crippen MR) is 81.3 cm³/mol.